The molecule has 0 saturated carbocycles. The second-order valence-corrected chi connectivity index (χ2v) is 3.67. The molecule has 1 aromatic heterocycles. The van der Waals surface area contributed by atoms with E-state index in [4.69, 9.17) is 5.41 Å². The number of ketones is 1. The summed E-state index contributed by atoms with van der Waals surface area (Å²) in [7, 11) is 0. The van der Waals surface area contributed by atoms with Gasteiger partial charge in [0.05, 0.1) is 13.0 Å². The lowest BCUT2D eigenvalue weighted by Gasteiger charge is -2.06. The second-order valence-electron chi connectivity index (χ2n) is 3.67. The van der Waals surface area contributed by atoms with Gasteiger partial charge >= 0.3 is 6.16 Å². The number of carbonyl (C=O) groups is 2. The van der Waals surface area contributed by atoms with E-state index in [1.165, 1.54) is 4.57 Å². The van der Waals surface area contributed by atoms with Crippen molar-refractivity contribution in [1.82, 2.24) is 0 Å². The van der Waals surface area contributed by atoms with Gasteiger partial charge < -0.3 is 14.9 Å². The molecule has 1 heterocycles. The van der Waals surface area contributed by atoms with E-state index >= 15 is 0 Å². The van der Waals surface area contributed by atoms with Crippen LogP contribution >= 0.6 is 0 Å². The molecular formula is C14H14N2O4. The average molecular weight is 274 g/mol. The Morgan fingerprint density at radius 1 is 1.30 bits per heavy atom. The van der Waals surface area contributed by atoms with E-state index in [9.17, 15) is 9.59 Å². The zero-order chi connectivity index (χ0) is 15.0. The van der Waals surface area contributed by atoms with Crippen LogP contribution in [-0.4, -0.2) is 24.4 Å². The molecular weight excluding hydrogens is 260 g/mol. The minimum absolute atomic E-state index is 0.0715. The monoisotopic (exact) mass is 274 g/mol. The first-order valence-corrected chi connectivity index (χ1v) is 5.87. The predicted molar refractivity (Wildman–Crippen MR) is 71.6 cm³/mol. The minimum Gasteiger partial charge on any atom is -0.758 e. The van der Waals surface area contributed by atoms with Crippen molar-refractivity contribution in [2.24, 2.45) is 0 Å². The topological polar surface area (TPSA) is 78.8 Å². The molecule has 0 fully saturated rings. The van der Waals surface area contributed by atoms with Crippen molar-refractivity contribution in [3.8, 4) is 0 Å². The van der Waals surface area contributed by atoms with Gasteiger partial charge in [0.2, 0.25) is 5.78 Å². The van der Waals surface area contributed by atoms with E-state index in [-0.39, 0.29) is 24.5 Å². The van der Waals surface area contributed by atoms with E-state index in [1.807, 2.05) is 5.87 Å². The van der Waals surface area contributed by atoms with Crippen molar-refractivity contribution in [3.63, 3.8) is 0 Å². The maximum atomic E-state index is 12.0. The normalized spacial score (nSPS) is 9.25. The first-order chi connectivity index (χ1) is 9.58. The number of carbonyl (C=O) groups excluding carboxylic acids is 2. The third-order valence-corrected chi connectivity index (χ3v) is 2.19. The Hall–Kier alpha value is -2.72. The summed E-state index contributed by atoms with van der Waals surface area (Å²) in [6.07, 6.45) is 1.96. The lowest BCUT2D eigenvalue weighted by molar-refractivity contribution is -0.575. The number of allylic oxidation sites excluding steroid dienone is 2. The van der Waals surface area contributed by atoms with E-state index < -0.39 is 11.9 Å². The van der Waals surface area contributed by atoms with E-state index in [1.54, 1.807) is 37.5 Å². The third kappa shape index (κ3) is 4.51. The van der Waals surface area contributed by atoms with Gasteiger partial charge in [-0.15, -0.1) is 0 Å². The van der Waals surface area contributed by atoms with Crippen LogP contribution in [0.1, 0.15) is 13.3 Å². The summed E-state index contributed by atoms with van der Waals surface area (Å²) in [5.74, 6) is 1.25. The minimum atomic E-state index is -0.920. The molecule has 0 aliphatic rings. The zero-order valence-electron chi connectivity index (χ0n) is 11.0. The quantitative estimate of drug-likeness (QED) is 0.260. The molecule has 20 heavy (non-hydrogen) atoms. The summed E-state index contributed by atoms with van der Waals surface area (Å²) in [6, 6.07) is 5.14. The summed E-state index contributed by atoms with van der Waals surface area (Å²) >= 11 is 0. The molecule has 0 spiro atoms. The standard InChI is InChI=1S/C14H14N2O4/c1-3-19-14(18)20-11(2)9-13(17)12(10-15)16-7-5-4-6-8-16/h4-8H,2-3,9H2,1H3. The van der Waals surface area contributed by atoms with Crippen LogP contribution in [0.3, 0.4) is 0 Å². The number of hydrogen-bond donors (Lipinski definition) is 0. The maximum absolute atomic E-state index is 12.0. The van der Waals surface area contributed by atoms with Crippen molar-refractivity contribution in [2.75, 3.05) is 6.61 Å². The summed E-state index contributed by atoms with van der Waals surface area (Å²) in [5, 5.41) is 9.04. The van der Waals surface area contributed by atoms with Gasteiger partial charge in [-0.3, -0.25) is 4.79 Å². The molecule has 0 bridgehead atoms. The lowest BCUT2D eigenvalue weighted by Crippen LogP contribution is -2.36. The Kier molecular flexibility index (Phi) is 5.87. The molecule has 1 rings (SSSR count). The fraction of sp³-hybridized carbons (Fsp3) is 0.214. The van der Waals surface area contributed by atoms with Gasteiger partial charge in [0.25, 0.3) is 5.70 Å². The Bertz CT molecular complexity index is 560. The number of Topliss-reactive ketones (excluding diaryl/α,β-unsaturated/α-hetero) is 1. The number of aromatic nitrogens is 1. The highest BCUT2D eigenvalue weighted by atomic mass is 16.7. The van der Waals surface area contributed by atoms with Crippen molar-refractivity contribution >= 4 is 23.5 Å². The number of pyridine rings is 1. The van der Waals surface area contributed by atoms with Crippen LogP contribution in [0.2, 0.25) is 0 Å². The smallest absolute Gasteiger partial charge is 0.513 e. The van der Waals surface area contributed by atoms with Gasteiger partial charge in [0.15, 0.2) is 12.4 Å². The highest BCUT2D eigenvalue weighted by Crippen LogP contribution is 2.07. The summed E-state index contributed by atoms with van der Waals surface area (Å²) in [5.41, 5.74) is -0.0841. The van der Waals surface area contributed by atoms with E-state index in [0.717, 1.165) is 0 Å². The molecule has 0 atom stereocenters. The molecule has 0 amide bonds. The fourth-order valence-electron chi connectivity index (χ4n) is 1.38. The van der Waals surface area contributed by atoms with Gasteiger partial charge in [-0.25, -0.2) is 4.79 Å². The Balaban J connectivity index is 2.68. The summed E-state index contributed by atoms with van der Waals surface area (Å²) in [4.78, 5) is 23.0. The number of rotatable bonds is 6. The van der Waals surface area contributed by atoms with Crippen LogP contribution in [0.15, 0.2) is 42.9 Å². The molecule has 0 radical (unpaired) electrons. The molecule has 104 valence electrons. The predicted octanol–water partition coefficient (Wildman–Crippen LogP) is 1.70. The van der Waals surface area contributed by atoms with Gasteiger partial charge in [0, 0.05) is 12.1 Å². The number of nitrogens with zero attached hydrogens (tertiary/aromatic N) is 2. The van der Waals surface area contributed by atoms with Crippen LogP contribution in [0, 0.1) is 0 Å². The first kappa shape index (κ1) is 15.3. The molecule has 0 saturated heterocycles. The number of hydrogen-bond acceptors (Lipinski definition) is 4. The molecule has 0 aliphatic carbocycles. The first-order valence-electron chi connectivity index (χ1n) is 5.87. The van der Waals surface area contributed by atoms with E-state index in [2.05, 4.69) is 16.1 Å². The average Bonchev–Trinajstić information content (AvgIpc) is 2.40. The molecule has 6 nitrogen and oxygen atoms in total. The molecule has 0 N–H and O–H groups in total. The van der Waals surface area contributed by atoms with Crippen LogP contribution in [0.5, 0.6) is 0 Å². The molecule has 0 aromatic carbocycles. The maximum Gasteiger partial charge on any atom is 0.513 e. The fourth-order valence-corrected chi connectivity index (χ4v) is 1.38. The Morgan fingerprint density at radius 2 is 1.95 bits per heavy atom. The van der Waals surface area contributed by atoms with Gasteiger partial charge in [0.1, 0.15) is 5.76 Å². The Labute approximate surface area is 116 Å². The van der Waals surface area contributed by atoms with Crippen molar-refractivity contribution < 1.29 is 23.6 Å². The van der Waals surface area contributed by atoms with Crippen molar-refractivity contribution in [3.05, 3.63) is 48.3 Å². The largest absolute Gasteiger partial charge is 0.758 e. The van der Waals surface area contributed by atoms with Crippen LogP contribution < -0.4 is 4.57 Å². The van der Waals surface area contributed by atoms with E-state index in [0.29, 0.717) is 0 Å². The summed E-state index contributed by atoms with van der Waals surface area (Å²) in [6.45, 7) is 5.24. The van der Waals surface area contributed by atoms with Gasteiger partial charge in [-0.1, -0.05) is 12.6 Å². The molecule has 0 aliphatic heterocycles. The van der Waals surface area contributed by atoms with Crippen LogP contribution in [-0.2, 0) is 14.3 Å². The van der Waals surface area contributed by atoms with Crippen LogP contribution in [0.25, 0.3) is 11.1 Å². The van der Waals surface area contributed by atoms with Crippen molar-refractivity contribution in [2.45, 2.75) is 13.3 Å². The zero-order valence-corrected chi connectivity index (χ0v) is 11.0. The molecule has 6 heteroatoms. The highest BCUT2D eigenvalue weighted by molar-refractivity contribution is 6.21. The third-order valence-electron chi connectivity index (χ3n) is 2.19. The van der Waals surface area contributed by atoms with Crippen LogP contribution in [0.4, 0.5) is 4.79 Å². The highest BCUT2D eigenvalue weighted by Gasteiger charge is 2.20. The molecule has 1 aromatic rings. The van der Waals surface area contributed by atoms with Crippen molar-refractivity contribution in [1.29, 1.82) is 0 Å². The van der Waals surface area contributed by atoms with Gasteiger partial charge in [-0.05, 0) is 6.92 Å². The second kappa shape index (κ2) is 7.66. The van der Waals surface area contributed by atoms with Gasteiger partial charge in [-0.2, -0.15) is 10.4 Å². The molecule has 0 unspecified atom stereocenters. The SMILES string of the molecule is C=C(CC(=O)C(=C=[N-])[n+]1ccccc1)OC(=O)OCC. The Morgan fingerprint density at radius 3 is 2.50 bits per heavy atom. The lowest BCUT2D eigenvalue weighted by atomic mass is 10.2. The number of ether oxygens (including phenoxy) is 2. The summed E-state index contributed by atoms with van der Waals surface area (Å²) < 4.78 is 10.6.